The lowest BCUT2D eigenvalue weighted by molar-refractivity contribution is 0.252. The summed E-state index contributed by atoms with van der Waals surface area (Å²) >= 11 is 0. The molecule has 3 atom stereocenters. The molecule has 17 heavy (non-hydrogen) atoms. The summed E-state index contributed by atoms with van der Waals surface area (Å²) in [7, 11) is 0. The molecule has 2 aliphatic rings. The number of fused-ring (bicyclic) bond motifs is 1. The number of nitrogens with zero attached hydrogens (tertiary/aromatic N) is 1. The molecule has 0 radical (unpaired) electrons. The number of nitrogens with two attached hydrogens (primary N) is 1. The van der Waals surface area contributed by atoms with Gasteiger partial charge >= 0.3 is 0 Å². The highest BCUT2D eigenvalue weighted by Gasteiger charge is 2.38. The van der Waals surface area contributed by atoms with Crippen LogP contribution in [-0.2, 0) is 0 Å². The van der Waals surface area contributed by atoms with Gasteiger partial charge in [-0.3, -0.25) is 0 Å². The normalized spacial score (nSPS) is 34.2. The van der Waals surface area contributed by atoms with Gasteiger partial charge in [0, 0.05) is 19.1 Å². The van der Waals surface area contributed by atoms with E-state index in [9.17, 15) is 0 Å². The predicted octanol–water partition coefficient (Wildman–Crippen LogP) is 2.90. The van der Waals surface area contributed by atoms with E-state index in [4.69, 9.17) is 5.73 Å². The van der Waals surface area contributed by atoms with Gasteiger partial charge in [-0.1, -0.05) is 27.2 Å². The van der Waals surface area contributed by atoms with E-state index >= 15 is 0 Å². The number of hydrogen-bond acceptors (Lipinski definition) is 2. The molecule has 2 rings (SSSR count). The Morgan fingerprint density at radius 3 is 2.47 bits per heavy atom. The van der Waals surface area contributed by atoms with Gasteiger partial charge in [0.05, 0.1) is 0 Å². The molecule has 1 saturated heterocycles. The minimum atomic E-state index is 0. The van der Waals surface area contributed by atoms with Crippen molar-refractivity contribution in [3.8, 4) is 0 Å². The van der Waals surface area contributed by atoms with Crippen LogP contribution in [0.1, 0.15) is 46.5 Å². The molecule has 1 aliphatic heterocycles. The van der Waals surface area contributed by atoms with Crippen molar-refractivity contribution in [3.05, 3.63) is 0 Å². The zero-order chi connectivity index (χ0) is 11.8. The number of rotatable bonds is 2. The molecular formula is C14H29ClN2. The lowest BCUT2D eigenvalue weighted by Gasteiger charge is -2.30. The van der Waals surface area contributed by atoms with E-state index in [2.05, 4.69) is 25.7 Å². The molecule has 0 aromatic heterocycles. The van der Waals surface area contributed by atoms with E-state index in [1.54, 1.807) is 0 Å². The van der Waals surface area contributed by atoms with Crippen LogP contribution in [-0.4, -0.2) is 30.6 Å². The van der Waals surface area contributed by atoms with Gasteiger partial charge in [-0.2, -0.15) is 0 Å². The summed E-state index contributed by atoms with van der Waals surface area (Å²) in [4.78, 5) is 2.66. The monoisotopic (exact) mass is 260 g/mol. The first-order valence-electron chi connectivity index (χ1n) is 6.94. The summed E-state index contributed by atoms with van der Waals surface area (Å²) in [5.74, 6) is 1.71. The van der Waals surface area contributed by atoms with Crippen LogP contribution in [0.3, 0.4) is 0 Å². The van der Waals surface area contributed by atoms with E-state index < -0.39 is 0 Å². The maximum absolute atomic E-state index is 6.24. The zero-order valence-electron chi connectivity index (χ0n) is 11.6. The van der Waals surface area contributed by atoms with Crippen LogP contribution in [0.5, 0.6) is 0 Å². The Hall–Kier alpha value is 0.210. The topological polar surface area (TPSA) is 29.3 Å². The SMILES string of the molecule is CC(C)(C)CCN1CC2CCCC(N)C2C1.Cl. The van der Waals surface area contributed by atoms with Crippen molar-refractivity contribution >= 4 is 12.4 Å². The average molecular weight is 261 g/mol. The van der Waals surface area contributed by atoms with E-state index in [1.165, 1.54) is 45.3 Å². The Bertz CT molecular complexity index is 237. The molecule has 0 spiro atoms. The number of likely N-dealkylation sites (tertiary alicyclic amines) is 1. The van der Waals surface area contributed by atoms with Gasteiger partial charge in [-0.25, -0.2) is 0 Å². The van der Waals surface area contributed by atoms with Crippen molar-refractivity contribution < 1.29 is 0 Å². The molecule has 0 aromatic rings. The zero-order valence-corrected chi connectivity index (χ0v) is 12.4. The highest BCUT2D eigenvalue weighted by molar-refractivity contribution is 5.85. The van der Waals surface area contributed by atoms with Crippen LogP contribution in [0.15, 0.2) is 0 Å². The standard InChI is InChI=1S/C14H28N2.ClH/c1-14(2,3)7-8-16-9-11-5-4-6-13(15)12(11)10-16;/h11-13H,4-10,15H2,1-3H3;1H. The molecule has 0 bridgehead atoms. The van der Waals surface area contributed by atoms with E-state index in [-0.39, 0.29) is 12.4 Å². The first-order valence-corrected chi connectivity index (χ1v) is 6.94. The van der Waals surface area contributed by atoms with E-state index in [1.807, 2.05) is 0 Å². The Balaban J connectivity index is 0.00000144. The first kappa shape index (κ1) is 15.3. The molecule has 0 amide bonds. The van der Waals surface area contributed by atoms with Crippen molar-refractivity contribution in [1.29, 1.82) is 0 Å². The quantitative estimate of drug-likeness (QED) is 0.827. The van der Waals surface area contributed by atoms with Crippen molar-refractivity contribution in [2.75, 3.05) is 19.6 Å². The molecule has 2 nitrogen and oxygen atoms in total. The van der Waals surface area contributed by atoms with Crippen molar-refractivity contribution in [1.82, 2.24) is 4.90 Å². The van der Waals surface area contributed by atoms with Gasteiger partial charge in [-0.15, -0.1) is 12.4 Å². The van der Waals surface area contributed by atoms with Crippen LogP contribution >= 0.6 is 12.4 Å². The third-order valence-corrected chi connectivity index (χ3v) is 4.41. The smallest absolute Gasteiger partial charge is 0.00825 e. The van der Waals surface area contributed by atoms with Crippen LogP contribution in [0.2, 0.25) is 0 Å². The van der Waals surface area contributed by atoms with Crippen LogP contribution in [0.4, 0.5) is 0 Å². The molecule has 2 N–H and O–H groups in total. The molecule has 2 fully saturated rings. The van der Waals surface area contributed by atoms with E-state index in [0.29, 0.717) is 11.5 Å². The van der Waals surface area contributed by atoms with Gasteiger partial charge in [-0.05, 0) is 43.1 Å². The molecule has 3 unspecified atom stereocenters. The molecule has 0 aromatic carbocycles. The van der Waals surface area contributed by atoms with Gasteiger partial charge in [0.1, 0.15) is 0 Å². The Morgan fingerprint density at radius 2 is 1.88 bits per heavy atom. The summed E-state index contributed by atoms with van der Waals surface area (Å²) in [5, 5.41) is 0. The minimum absolute atomic E-state index is 0. The number of halogens is 1. The second-order valence-corrected chi connectivity index (χ2v) is 7.09. The van der Waals surface area contributed by atoms with Crippen LogP contribution in [0, 0.1) is 17.3 Å². The molecule has 1 aliphatic carbocycles. The van der Waals surface area contributed by atoms with E-state index in [0.717, 1.165) is 11.8 Å². The van der Waals surface area contributed by atoms with Gasteiger partial charge in [0.15, 0.2) is 0 Å². The van der Waals surface area contributed by atoms with Crippen molar-refractivity contribution in [2.45, 2.75) is 52.5 Å². The molecule has 1 heterocycles. The summed E-state index contributed by atoms with van der Waals surface area (Å²) < 4.78 is 0. The molecule has 102 valence electrons. The Labute approximate surface area is 113 Å². The van der Waals surface area contributed by atoms with Gasteiger partial charge in [0.2, 0.25) is 0 Å². The summed E-state index contributed by atoms with van der Waals surface area (Å²) in [6.45, 7) is 10.9. The lowest BCUT2D eigenvalue weighted by atomic mass is 9.78. The maximum Gasteiger partial charge on any atom is 0.00825 e. The molecular weight excluding hydrogens is 232 g/mol. The Morgan fingerprint density at radius 1 is 1.18 bits per heavy atom. The lowest BCUT2D eigenvalue weighted by Crippen LogP contribution is -2.38. The number of hydrogen-bond donors (Lipinski definition) is 1. The third-order valence-electron chi connectivity index (χ3n) is 4.41. The highest BCUT2D eigenvalue weighted by atomic mass is 35.5. The summed E-state index contributed by atoms with van der Waals surface area (Å²) in [5.41, 5.74) is 6.71. The largest absolute Gasteiger partial charge is 0.327 e. The fourth-order valence-electron chi connectivity index (χ4n) is 3.29. The fourth-order valence-corrected chi connectivity index (χ4v) is 3.29. The fraction of sp³-hybridized carbons (Fsp3) is 1.00. The van der Waals surface area contributed by atoms with Crippen molar-refractivity contribution in [3.63, 3.8) is 0 Å². The van der Waals surface area contributed by atoms with Crippen molar-refractivity contribution in [2.24, 2.45) is 23.0 Å². The minimum Gasteiger partial charge on any atom is -0.327 e. The average Bonchev–Trinajstić information content (AvgIpc) is 2.58. The molecule has 1 saturated carbocycles. The Kier molecular flexibility index (Phi) is 5.30. The second-order valence-electron chi connectivity index (χ2n) is 7.09. The third kappa shape index (κ3) is 4.11. The van der Waals surface area contributed by atoms with Crippen LogP contribution < -0.4 is 5.73 Å². The highest BCUT2D eigenvalue weighted by Crippen LogP contribution is 2.36. The van der Waals surface area contributed by atoms with Gasteiger partial charge in [0.25, 0.3) is 0 Å². The summed E-state index contributed by atoms with van der Waals surface area (Å²) in [6.07, 6.45) is 5.34. The molecule has 3 heteroatoms. The van der Waals surface area contributed by atoms with Gasteiger partial charge < -0.3 is 10.6 Å². The predicted molar refractivity (Wildman–Crippen MR) is 76.6 cm³/mol. The first-order chi connectivity index (χ1) is 7.46. The summed E-state index contributed by atoms with van der Waals surface area (Å²) in [6, 6.07) is 0.485. The second kappa shape index (κ2) is 5.90. The van der Waals surface area contributed by atoms with Crippen LogP contribution in [0.25, 0.3) is 0 Å². The maximum atomic E-state index is 6.24.